The Morgan fingerprint density at radius 3 is 2.61 bits per heavy atom. The van der Waals surface area contributed by atoms with Crippen LogP contribution in [0.5, 0.6) is 5.75 Å². The summed E-state index contributed by atoms with van der Waals surface area (Å²) < 4.78 is 5.75. The van der Waals surface area contributed by atoms with Crippen molar-refractivity contribution < 1.29 is 4.74 Å². The van der Waals surface area contributed by atoms with Gasteiger partial charge in [-0.15, -0.1) is 0 Å². The van der Waals surface area contributed by atoms with Gasteiger partial charge in [0.2, 0.25) is 0 Å². The number of rotatable bonds is 6. The van der Waals surface area contributed by atoms with Crippen LogP contribution >= 0.6 is 11.6 Å². The minimum atomic E-state index is 0.473. The zero-order valence-electron chi connectivity index (χ0n) is 11.8. The van der Waals surface area contributed by atoms with E-state index in [1.807, 2.05) is 13.8 Å². The minimum absolute atomic E-state index is 0.473. The van der Waals surface area contributed by atoms with Crippen LogP contribution in [0.1, 0.15) is 50.7 Å². The second-order valence-electron chi connectivity index (χ2n) is 4.48. The van der Waals surface area contributed by atoms with Crippen molar-refractivity contribution in [2.75, 3.05) is 6.61 Å². The van der Waals surface area contributed by atoms with E-state index in [4.69, 9.17) is 16.3 Å². The van der Waals surface area contributed by atoms with Gasteiger partial charge in [0.25, 0.3) is 0 Å². The molecule has 0 aliphatic carbocycles. The average molecular weight is 267 g/mol. The Morgan fingerprint density at radius 2 is 2.06 bits per heavy atom. The molecule has 1 atom stereocenters. The maximum absolute atomic E-state index is 6.25. The fourth-order valence-corrected chi connectivity index (χ4v) is 2.26. The lowest BCUT2D eigenvalue weighted by molar-refractivity contribution is 0.333. The topological polar surface area (TPSA) is 9.23 Å². The number of hydrogen-bond donors (Lipinski definition) is 0. The number of ether oxygens (including phenoxy) is 1. The Bertz CT molecular complexity index is 410. The highest BCUT2D eigenvalue weighted by Gasteiger charge is 2.15. The zero-order chi connectivity index (χ0) is 13.5. The van der Waals surface area contributed by atoms with Crippen molar-refractivity contribution in [3.63, 3.8) is 0 Å². The molecule has 1 unspecified atom stereocenters. The molecule has 0 aromatic heterocycles. The van der Waals surface area contributed by atoms with Crippen LogP contribution in [0.25, 0.3) is 0 Å². The normalized spacial score (nSPS) is 12.9. The number of hydrogen-bond acceptors (Lipinski definition) is 1. The van der Waals surface area contributed by atoms with Gasteiger partial charge in [0.05, 0.1) is 6.61 Å². The molecule has 18 heavy (non-hydrogen) atoms. The second-order valence-corrected chi connectivity index (χ2v) is 4.89. The monoisotopic (exact) mass is 266 g/mol. The molecule has 0 heterocycles. The summed E-state index contributed by atoms with van der Waals surface area (Å²) in [6.45, 7) is 8.98. The van der Waals surface area contributed by atoms with Crippen LogP contribution in [-0.2, 0) is 0 Å². The van der Waals surface area contributed by atoms with Crippen molar-refractivity contribution in [2.45, 2.75) is 46.5 Å². The lowest BCUT2D eigenvalue weighted by Crippen LogP contribution is -2.03. The molecule has 1 rings (SSSR count). The summed E-state index contributed by atoms with van der Waals surface area (Å²) in [7, 11) is 0. The van der Waals surface area contributed by atoms with Gasteiger partial charge in [0.1, 0.15) is 5.75 Å². The third-order valence-electron chi connectivity index (χ3n) is 3.18. The third kappa shape index (κ3) is 3.78. The summed E-state index contributed by atoms with van der Waals surface area (Å²) in [5.41, 5.74) is 2.30. The predicted octanol–water partition coefficient (Wildman–Crippen LogP) is 5.51. The number of allylic oxidation sites excluding steroid dienone is 2. The summed E-state index contributed by atoms with van der Waals surface area (Å²) in [5, 5.41) is 0.826. The SMILES string of the molecule is C/C=C\CC(CC)c1cc(Cl)c(C)cc1OCC. The molecule has 1 aromatic carbocycles. The summed E-state index contributed by atoms with van der Waals surface area (Å²) in [6, 6.07) is 4.12. The maximum atomic E-state index is 6.25. The van der Waals surface area contributed by atoms with Gasteiger partial charge < -0.3 is 4.74 Å². The van der Waals surface area contributed by atoms with E-state index in [1.165, 1.54) is 5.56 Å². The lowest BCUT2D eigenvalue weighted by Gasteiger charge is -2.19. The van der Waals surface area contributed by atoms with Crippen LogP contribution in [0.2, 0.25) is 5.02 Å². The minimum Gasteiger partial charge on any atom is -0.494 e. The van der Waals surface area contributed by atoms with Crippen LogP contribution in [0.4, 0.5) is 0 Å². The first-order chi connectivity index (χ1) is 8.63. The quantitative estimate of drug-likeness (QED) is 0.617. The van der Waals surface area contributed by atoms with Gasteiger partial charge in [-0.05, 0) is 62.8 Å². The summed E-state index contributed by atoms with van der Waals surface area (Å²) in [5.74, 6) is 1.46. The van der Waals surface area contributed by atoms with Gasteiger partial charge in [0.15, 0.2) is 0 Å². The number of halogens is 1. The molecule has 2 heteroatoms. The standard InChI is InChI=1S/C16H23ClO/c1-5-8-9-13(6-2)14-11-15(17)12(4)10-16(14)18-7-3/h5,8,10-11,13H,6-7,9H2,1-4H3/b8-5-. The lowest BCUT2D eigenvalue weighted by atomic mass is 9.91. The Morgan fingerprint density at radius 1 is 1.33 bits per heavy atom. The first-order valence-corrected chi connectivity index (χ1v) is 7.05. The molecule has 0 spiro atoms. The zero-order valence-corrected chi connectivity index (χ0v) is 12.6. The van der Waals surface area contributed by atoms with Crippen molar-refractivity contribution in [3.05, 3.63) is 40.4 Å². The van der Waals surface area contributed by atoms with E-state index in [9.17, 15) is 0 Å². The molecule has 0 N–H and O–H groups in total. The van der Waals surface area contributed by atoms with E-state index in [0.717, 1.165) is 29.2 Å². The molecule has 0 amide bonds. The van der Waals surface area contributed by atoms with Crippen molar-refractivity contribution in [3.8, 4) is 5.75 Å². The molecule has 0 fully saturated rings. The van der Waals surface area contributed by atoms with E-state index in [0.29, 0.717) is 12.5 Å². The molecule has 0 aliphatic rings. The number of aryl methyl sites for hydroxylation is 1. The fraction of sp³-hybridized carbons (Fsp3) is 0.500. The van der Waals surface area contributed by atoms with Gasteiger partial charge in [-0.1, -0.05) is 30.7 Å². The molecule has 0 bridgehead atoms. The van der Waals surface area contributed by atoms with Gasteiger partial charge in [0, 0.05) is 5.02 Å². The van der Waals surface area contributed by atoms with Crippen LogP contribution in [0, 0.1) is 6.92 Å². The Kier molecular flexibility index (Phi) is 6.28. The highest BCUT2D eigenvalue weighted by molar-refractivity contribution is 6.31. The smallest absolute Gasteiger partial charge is 0.123 e. The van der Waals surface area contributed by atoms with Crippen LogP contribution in [0.3, 0.4) is 0 Å². The van der Waals surface area contributed by atoms with Gasteiger partial charge >= 0.3 is 0 Å². The number of benzene rings is 1. The molecule has 0 saturated carbocycles. The average Bonchev–Trinajstić information content (AvgIpc) is 2.36. The van der Waals surface area contributed by atoms with E-state index in [1.54, 1.807) is 0 Å². The molecular formula is C16H23ClO. The van der Waals surface area contributed by atoms with Crippen molar-refractivity contribution >= 4 is 11.6 Å². The molecule has 100 valence electrons. The van der Waals surface area contributed by atoms with Crippen molar-refractivity contribution in [2.24, 2.45) is 0 Å². The van der Waals surface area contributed by atoms with Crippen LogP contribution in [-0.4, -0.2) is 6.61 Å². The van der Waals surface area contributed by atoms with Gasteiger partial charge in [-0.3, -0.25) is 0 Å². The van der Waals surface area contributed by atoms with E-state index >= 15 is 0 Å². The highest BCUT2D eigenvalue weighted by Crippen LogP contribution is 2.35. The van der Waals surface area contributed by atoms with Crippen LogP contribution in [0.15, 0.2) is 24.3 Å². The molecular weight excluding hydrogens is 244 g/mol. The summed E-state index contributed by atoms with van der Waals surface area (Å²) in [6.07, 6.45) is 6.42. The van der Waals surface area contributed by atoms with E-state index < -0.39 is 0 Å². The first kappa shape index (κ1) is 15.1. The fourth-order valence-electron chi connectivity index (χ4n) is 2.08. The molecule has 0 aliphatic heterocycles. The van der Waals surface area contributed by atoms with E-state index in [-0.39, 0.29) is 0 Å². The van der Waals surface area contributed by atoms with Gasteiger partial charge in [-0.25, -0.2) is 0 Å². The van der Waals surface area contributed by atoms with Crippen molar-refractivity contribution in [1.82, 2.24) is 0 Å². The largest absolute Gasteiger partial charge is 0.494 e. The molecule has 1 aromatic rings. The predicted molar refractivity (Wildman–Crippen MR) is 79.8 cm³/mol. The third-order valence-corrected chi connectivity index (χ3v) is 3.59. The van der Waals surface area contributed by atoms with Crippen molar-refractivity contribution in [1.29, 1.82) is 0 Å². The second kappa shape index (κ2) is 7.48. The Hall–Kier alpha value is -0.950. The summed E-state index contributed by atoms with van der Waals surface area (Å²) >= 11 is 6.25. The molecule has 1 nitrogen and oxygen atoms in total. The Balaban J connectivity index is 3.13. The summed E-state index contributed by atoms with van der Waals surface area (Å²) in [4.78, 5) is 0. The molecule has 0 saturated heterocycles. The maximum Gasteiger partial charge on any atom is 0.123 e. The first-order valence-electron chi connectivity index (χ1n) is 6.67. The van der Waals surface area contributed by atoms with Gasteiger partial charge in [-0.2, -0.15) is 0 Å². The highest BCUT2D eigenvalue weighted by atomic mass is 35.5. The van der Waals surface area contributed by atoms with Crippen LogP contribution < -0.4 is 4.74 Å². The van der Waals surface area contributed by atoms with E-state index in [2.05, 4.69) is 38.1 Å². The Labute approximate surface area is 116 Å². The molecule has 0 radical (unpaired) electrons.